The number of hydrogen-bond acceptors (Lipinski definition) is 4. The second-order valence-electron chi connectivity index (χ2n) is 8.71. The van der Waals surface area contributed by atoms with Gasteiger partial charge in [-0.25, -0.2) is 4.79 Å². The van der Waals surface area contributed by atoms with Crippen LogP contribution < -0.4 is 10.6 Å². The number of rotatable bonds is 10. The fraction of sp³-hybridized carbons (Fsp3) is 0.423. The molecule has 2 amide bonds. The molecule has 0 spiro atoms. The van der Waals surface area contributed by atoms with Crippen LogP contribution in [0, 0.1) is 0 Å². The molecule has 0 fully saturated rings. The minimum Gasteiger partial charge on any atom is -0.481 e. The third-order valence-corrected chi connectivity index (χ3v) is 6.22. The van der Waals surface area contributed by atoms with Crippen LogP contribution in [-0.2, 0) is 14.3 Å². The second kappa shape index (κ2) is 10.5. The highest BCUT2D eigenvalue weighted by Gasteiger charge is 2.36. The van der Waals surface area contributed by atoms with Crippen molar-refractivity contribution in [1.82, 2.24) is 10.6 Å². The van der Waals surface area contributed by atoms with Crippen LogP contribution in [0.1, 0.15) is 63.5 Å². The van der Waals surface area contributed by atoms with Crippen LogP contribution >= 0.6 is 0 Å². The van der Waals surface area contributed by atoms with E-state index in [4.69, 9.17) is 9.84 Å². The van der Waals surface area contributed by atoms with Gasteiger partial charge in [0.1, 0.15) is 12.1 Å². The Kier molecular flexibility index (Phi) is 7.74. The van der Waals surface area contributed by atoms with Gasteiger partial charge in [-0.2, -0.15) is 0 Å². The van der Waals surface area contributed by atoms with E-state index in [9.17, 15) is 14.4 Å². The zero-order valence-electron chi connectivity index (χ0n) is 19.4. The number of carbonyl (C=O) groups is 3. The Labute approximate surface area is 194 Å². The van der Waals surface area contributed by atoms with Gasteiger partial charge < -0.3 is 20.5 Å². The lowest BCUT2D eigenvalue weighted by Crippen LogP contribution is -2.58. The summed E-state index contributed by atoms with van der Waals surface area (Å²) in [5, 5.41) is 14.5. The molecule has 2 atom stereocenters. The number of hydrogen-bond donors (Lipinski definition) is 3. The van der Waals surface area contributed by atoms with Gasteiger partial charge in [0.25, 0.3) is 0 Å². The zero-order chi connectivity index (χ0) is 24.0. The van der Waals surface area contributed by atoms with E-state index in [2.05, 4.69) is 22.8 Å². The lowest BCUT2D eigenvalue weighted by molar-refractivity contribution is -0.138. The van der Waals surface area contributed by atoms with Crippen molar-refractivity contribution < 1.29 is 24.2 Å². The Hall–Kier alpha value is -3.35. The van der Waals surface area contributed by atoms with Gasteiger partial charge in [-0.15, -0.1) is 0 Å². The molecule has 7 nitrogen and oxygen atoms in total. The molecule has 3 rings (SSSR count). The minimum absolute atomic E-state index is 0.0746. The van der Waals surface area contributed by atoms with Crippen LogP contribution in [0.15, 0.2) is 48.5 Å². The van der Waals surface area contributed by atoms with Gasteiger partial charge in [0.05, 0.1) is 6.42 Å². The standard InChI is InChI=1S/C26H32N2O5/c1-4-14-26(3,24(31)27-17(5-2)15-23(29)30)28-25(32)33-16-22-20-12-8-6-10-18(20)19-11-7-9-13-21(19)22/h6-13,17,22H,4-5,14-16H2,1-3H3,(H,27,31)(H,28,32)(H,29,30)/t17-,26?/m0/s1. The molecular formula is C26H32N2O5. The van der Waals surface area contributed by atoms with Gasteiger partial charge in [0.2, 0.25) is 5.91 Å². The second-order valence-corrected chi connectivity index (χ2v) is 8.71. The topological polar surface area (TPSA) is 105 Å². The maximum absolute atomic E-state index is 13.0. The van der Waals surface area contributed by atoms with Gasteiger partial charge in [-0.05, 0) is 42.0 Å². The Morgan fingerprint density at radius 3 is 2.12 bits per heavy atom. The number of fused-ring (bicyclic) bond motifs is 3. The van der Waals surface area contributed by atoms with E-state index >= 15 is 0 Å². The smallest absolute Gasteiger partial charge is 0.408 e. The van der Waals surface area contributed by atoms with Gasteiger partial charge in [-0.1, -0.05) is 68.8 Å². The number of nitrogens with one attached hydrogen (secondary N) is 2. The third kappa shape index (κ3) is 5.53. The highest BCUT2D eigenvalue weighted by molar-refractivity contribution is 5.90. The van der Waals surface area contributed by atoms with Crippen LogP contribution in [0.3, 0.4) is 0 Å². The van der Waals surface area contributed by atoms with Gasteiger partial charge in [0, 0.05) is 12.0 Å². The lowest BCUT2D eigenvalue weighted by Gasteiger charge is -2.31. The lowest BCUT2D eigenvalue weighted by atomic mass is 9.94. The first-order chi connectivity index (χ1) is 15.8. The van der Waals surface area contributed by atoms with Crippen molar-refractivity contribution >= 4 is 18.0 Å². The fourth-order valence-corrected chi connectivity index (χ4v) is 4.45. The molecule has 0 aliphatic heterocycles. The predicted molar refractivity (Wildman–Crippen MR) is 126 cm³/mol. The Morgan fingerprint density at radius 1 is 1.03 bits per heavy atom. The third-order valence-electron chi connectivity index (χ3n) is 6.22. The fourth-order valence-electron chi connectivity index (χ4n) is 4.45. The van der Waals surface area contributed by atoms with Crippen molar-refractivity contribution in [3.63, 3.8) is 0 Å². The van der Waals surface area contributed by atoms with Crippen LogP contribution in [0.2, 0.25) is 0 Å². The summed E-state index contributed by atoms with van der Waals surface area (Å²) in [6.45, 7) is 5.52. The first-order valence-corrected chi connectivity index (χ1v) is 11.4. The summed E-state index contributed by atoms with van der Waals surface area (Å²) in [6, 6.07) is 15.7. The molecule has 2 aromatic rings. The summed E-state index contributed by atoms with van der Waals surface area (Å²) in [5.74, 6) is -1.47. The number of carboxylic acid groups (broad SMARTS) is 1. The maximum Gasteiger partial charge on any atom is 0.408 e. The molecule has 3 N–H and O–H groups in total. The molecule has 0 saturated heterocycles. The van der Waals surface area contributed by atoms with Crippen molar-refractivity contribution in [1.29, 1.82) is 0 Å². The Morgan fingerprint density at radius 2 is 1.61 bits per heavy atom. The average molecular weight is 453 g/mol. The van der Waals surface area contributed by atoms with Crippen molar-refractivity contribution in [3.8, 4) is 11.1 Å². The van der Waals surface area contributed by atoms with Crippen LogP contribution in [0.4, 0.5) is 4.79 Å². The number of carboxylic acids is 1. The van der Waals surface area contributed by atoms with Gasteiger partial charge in [-0.3, -0.25) is 9.59 Å². The number of alkyl carbamates (subject to hydrolysis) is 1. The van der Waals surface area contributed by atoms with E-state index in [0.717, 1.165) is 22.3 Å². The van der Waals surface area contributed by atoms with E-state index in [0.29, 0.717) is 19.3 Å². The van der Waals surface area contributed by atoms with Crippen LogP contribution in [0.5, 0.6) is 0 Å². The molecule has 7 heteroatoms. The highest BCUT2D eigenvalue weighted by atomic mass is 16.5. The molecule has 0 saturated carbocycles. The first kappa shape index (κ1) is 24.3. The summed E-state index contributed by atoms with van der Waals surface area (Å²) >= 11 is 0. The SMILES string of the molecule is CCCC(C)(NC(=O)OCC1c2ccccc2-c2ccccc21)C(=O)N[C@@H](CC)CC(=O)O. The molecule has 33 heavy (non-hydrogen) atoms. The van der Waals surface area contributed by atoms with Crippen molar-refractivity contribution in [3.05, 3.63) is 59.7 Å². The van der Waals surface area contributed by atoms with E-state index in [1.54, 1.807) is 6.92 Å². The summed E-state index contributed by atoms with van der Waals surface area (Å²) < 4.78 is 5.60. The molecule has 0 bridgehead atoms. The van der Waals surface area contributed by atoms with E-state index in [1.165, 1.54) is 0 Å². The summed E-state index contributed by atoms with van der Waals surface area (Å²) in [7, 11) is 0. The molecule has 0 heterocycles. The number of aliphatic carboxylic acids is 1. The summed E-state index contributed by atoms with van der Waals surface area (Å²) in [5.41, 5.74) is 3.30. The first-order valence-electron chi connectivity index (χ1n) is 11.4. The predicted octanol–water partition coefficient (Wildman–Crippen LogP) is 4.45. The highest BCUT2D eigenvalue weighted by Crippen LogP contribution is 2.44. The number of amides is 2. The minimum atomic E-state index is -1.21. The largest absolute Gasteiger partial charge is 0.481 e. The number of carbonyl (C=O) groups excluding carboxylic acids is 2. The van der Waals surface area contributed by atoms with E-state index in [1.807, 2.05) is 50.2 Å². The van der Waals surface area contributed by atoms with Crippen molar-refractivity contribution in [2.24, 2.45) is 0 Å². The molecule has 1 aliphatic rings. The van der Waals surface area contributed by atoms with E-state index < -0.39 is 29.6 Å². The van der Waals surface area contributed by atoms with Crippen LogP contribution in [0.25, 0.3) is 11.1 Å². The monoisotopic (exact) mass is 452 g/mol. The van der Waals surface area contributed by atoms with Gasteiger partial charge in [0.15, 0.2) is 0 Å². The molecule has 2 aromatic carbocycles. The average Bonchev–Trinajstić information content (AvgIpc) is 3.10. The van der Waals surface area contributed by atoms with Crippen molar-refractivity contribution in [2.75, 3.05) is 6.61 Å². The molecule has 0 radical (unpaired) electrons. The van der Waals surface area contributed by atoms with Crippen molar-refractivity contribution in [2.45, 2.75) is 64.0 Å². The number of benzene rings is 2. The molecule has 1 aliphatic carbocycles. The molecule has 176 valence electrons. The quantitative estimate of drug-likeness (QED) is 0.494. The maximum atomic E-state index is 13.0. The summed E-state index contributed by atoms with van der Waals surface area (Å²) in [6.07, 6.45) is 0.686. The van der Waals surface area contributed by atoms with Gasteiger partial charge >= 0.3 is 12.1 Å². The molecule has 1 unspecified atom stereocenters. The van der Waals surface area contributed by atoms with E-state index in [-0.39, 0.29) is 18.9 Å². The normalized spacial score (nSPS) is 15.0. The summed E-state index contributed by atoms with van der Waals surface area (Å²) in [4.78, 5) is 36.7. The zero-order valence-corrected chi connectivity index (χ0v) is 19.4. The van der Waals surface area contributed by atoms with Crippen LogP contribution in [-0.4, -0.2) is 41.3 Å². The Balaban J connectivity index is 1.68. The number of ether oxygens (including phenoxy) is 1. The molecule has 0 aromatic heterocycles. The molecular weight excluding hydrogens is 420 g/mol. The Bertz CT molecular complexity index is 976.